The van der Waals surface area contributed by atoms with Gasteiger partial charge in [0, 0.05) is 26.0 Å². The lowest BCUT2D eigenvalue weighted by Gasteiger charge is -2.24. The first-order valence-electron chi connectivity index (χ1n) is 10.4. The van der Waals surface area contributed by atoms with E-state index in [0.717, 1.165) is 23.3 Å². The van der Waals surface area contributed by atoms with Gasteiger partial charge in [0.05, 0.1) is 22.3 Å². The molecule has 0 spiro atoms. The minimum atomic E-state index is -4.54. The van der Waals surface area contributed by atoms with E-state index in [-0.39, 0.29) is 22.1 Å². The minimum Gasteiger partial charge on any atom is -0.460 e. The molecule has 10 heteroatoms. The molecule has 0 bridgehead atoms. The summed E-state index contributed by atoms with van der Waals surface area (Å²) in [5.41, 5.74) is 1.31. The molecule has 4 rings (SSSR count). The van der Waals surface area contributed by atoms with Crippen LogP contribution in [0.5, 0.6) is 0 Å². The molecule has 0 radical (unpaired) electrons. The monoisotopic (exact) mass is 491 g/mol. The molecule has 1 aromatic heterocycles. The Hall–Kier alpha value is -3.33. The summed E-state index contributed by atoms with van der Waals surface area (Å²) in [7, 11) is 1.47. The predicted octanol–water partition coefficient (Wildman–Crippen LogP) is 5.07. The molecule has 0 saturated heterocycles. The van der Waals surface area contributed by atoms with Crippen LogP contribution in [0.15, 0.2) is 47.3 Å². The lowest BCUT2D eigenvalue weighted by molar-refractivity contribution is -0.146. The standard InChI is InChI=1S/C24H21ClF3N3O3/c1-12-20(30-21-16-7-5-4-6-14(16)10-19(21)34-13(2)32)23(33)31(3)22(29-12)17-9-8-15(11-18(17)25)24(26,27)28/h4-9,11,19,21,30H,10H2,1-3H3/t19-,21-/m0/s1. The minimum absolute atomic E-state index is 0.134. The van der Waals surface area contributed by atoms with E-state index in [2.05, 4.69) is 10.3 Å². The number of aromatic nitrogens is 2. The van der Waals surface area contributed by atoms with Crippen molar-refractivity contribution in [2.24, 2.45) is 7.05 Å². The summed E-state index contributed by atoms with van der Waals surface area (Å²) >= 11 is 6.13. The number of hydrogen-bond acceptors (Lipinski definition) is 5. The summed E-state index contributed by atoms with van der Waals surface area (Å²) < 4.78 is 45.7. The smallest absolute Gasteiger partial charge is 0.416 e. The van der Waals surface area contributed by atoms with Crippen LogP contribution in [0, 0.1) is 6.92 Å². The molecule has 3 aromatic rings. The summed E-state index contributed by atoms with van der Waals surface area (Å²) in [5, 5.41) is 3.03. The number of carbonyl (C=O) groups is 1. The molecule has 1 heterocycles. The Morgan fingerprint density at radius 3 is 2.59 bits per heavy atom. The van der Waals surface area contributed by atoms with Crippen LogP contribution in [0.2, 0.25) is 5.02 Å². The zero-order chi connectivity index (χ0) is 24.8. The molecule has 0 unspecified atom stereocenters. The van der Waals surface area contributed by atoms with Gasteiger partial charge in [-0.2, -0.15) is 13.2 Å². The van der Waals surface area contributed by atoms with Crippen molar-refractivity contribution >= 4 is 23.3 Å². The highest BCUT2D eigenvalue weighted by Crippen LogP contribution is 2.37. The highest BCUT2D eigenvalue weighted by molar-refractivity contribution is 6.33. The molecule has 1 aliphatic rings. The second kappa shape index (κ2) is 8.79. The number of benzene rings is 2. The Labute approximate surface area is 198 Å². The maximum absolute atomic E-state index is 13.3. The first-order chi connectivity index (χ1) is 16.0. The molecule has 2 atom stereocenters. The summed E-state index contributed by atoms with van der Waals surface area (Å²) in [4.78, 5) is 29.4. The summed E-state index contributed by atoms with van der Waals surface area (Å²) in [6.07, 6.45) is -4.55. The lowest BCUT2D eigenvalue weighted by Crippen LogP contribution is -2.31. The van der Waals surface area contributed by atoms with E-state index in [0.29, 0.717) is 12.1 Å². The van der Waals surface area contributed by atoms with E-state index >= 15 is 0 Å². The molecule has 178 valence electrons. The first-order valence-corrected chi connectivity index (χ1v) is 10.8. The third-order valence-corrected chi connectivity index (χ3v) is 6.12. The van der Waals surface area contributed by atoms with Gasteiger partial charge in [-0.1, -0.05) is 35.9 Å². The molecule has 1 aliphatic carbocycles. The SMILES string of the molecule is CC(=O)O[C@H]1Cc2ccccc2[C@@H]1Nc1c(C)nc(-c2ccc(C(F)(F)F)cc2Cl)n(C)c1=O. The van der Waals surface area contributed by atoms with Gasteiger partial charge < -0.3 is 10.1 Å². The van der Waals surface area contributed by atoms with Gasteiger partial charge >= 0.3 is 12.1 Å². The zero-order valence-corrected chi connectivity index (χ0v) is 19.3. The van der Waals surface area contributed by atoms with Crippen molar-refractivity contribution in [2.45, 2.75) is 38.6 Å². The fourth-order valence-corrected chi connectivity index (χ4v) is 4.46. The maximum atomic E-state index is 13.3. The van der Waals surface area contributed by atoms with Crippen LogP contribution in [0.25, 0.3) is 11.4 Å². The van der Waals surface area contributed by atoms with E-state index in [1.165, 1.54) is 24.6 Å². The van der Waals surface area contributed by atoms with Gasteiger partial charge in [0.1, 0.15) is 17.6 Å². The van der Waals surface area contributed by atoms with Crippen molar-refractivity contribution < 1.29 is 22.7 Å². The van der Waals surface area contributed by atoms with Crippen molar-refractivity contribution in [3.63, 3.8) is 0 Å². The molecule has 2 aromatic carbocycles. The van der Waals surface area contributed by atoms with Crippen molar-refractivity contribution in [1.82, 2.24) is 9.55 Å². The Balaban J connectivity index is 1.74. The molecule has 1 N–H and O–H groups in total. The molecular formula is C24H21ClF3N3O3. The Morgan fingerprint density at radius 2 is 1.94 bits per heavy atom. The summed E-state index contributed by atoms with van der Waals surface area (Å²) in [6.45, 7) is 2.95. The third kappa shape index (κ3) is 4.40. The average molecular weight is 492 g/mol. The van der Waals surface area contributed by atoms with Crippen LogP contribution in [0.1, 0.15) is 35.3 Å². The van der Waals surface area contributed by atoms with Crippen LogP contribution in [-0.2, 0) is 29.2 Å². The number of aryl methyl sites for hydroxylation is 1. The molecular weight excluding hydrogens is 471 g/mol. The van der Waals surface area contributed by atoms with E-state index in [4.69, 9.17) is 16.3 Å². The number of nitrogens with zero attached hydrogens (tertiary/aromatic N) is 2. The number of nitrogens with one attached hydrogen (secondary N) is 1. The molecule has 34 heavy (non-hydrogen) atoms. The lowest BCUT2D eigenvalue weighted by atomic mass is 10.1. The highest BCUT2D eigenvalue weighted by atomic mass is 35.5. The third-order valence-electron chi connectivity index (χ3n) is 5.81. The quantitative estimate of drug-likeness (QED) is 0.516. The number of esters is 1. The van der Waals surface area contributed by atoms with Crippen molar-refractivity contribution in [3.8, 4) is 11.4 Å². The van der Waals surface area contributed by atoms with Crippen LogP contribution < -0.4 is 10.9 Å². The molecule has 6 nitrogen and oxygen atoms in total. The number of halogens is 4. The maximum Gasteiger partial charge on any atom is 0.416 e. The Kier molecular flexibility index (Phi) is 6.16. The normalized spacial score (nSPS) is 17.4. The fraction of sp³-hybridized carbons (Fsp3) is 0.292. The summed E-state index contributed by atoms with van der Waals surface area (Å²) in [6, 6.07) is 10.0. The van der Waals surface area contributed by atoms with Crippen molar-refractivity contribution in [2.75, 3.05) is 5.32 Å². The predicted molar refractivity (Wildman–Crippen MR) is 122 cm³/mol. The number of carbonyl (C=O) groups excluding carboxylic acids is 1. The summed E-state index contributed by atoms with van der Waals surface area (Å²) in [5.74, 6) is -0.296. The van der Waals surface area contributed by atoms with Gasteiger partial charge in [-0.15, -0.1) is 0 Å². The van der Waals surface area contributed by atoms with Gasteiger partial charge in [-0.25, -0.2) is 4.98 Å². The van der Waals surface area contributed by atoms with E-state index in [1.807, 2.05) is 24.3 Å². The van der Waals surface area contributed by atoms with Gasteiger partial charge in [0.25, 0.3) is 5.56 Å². The molecule has 0 saturated carbocycles. The number of alkyl halides is 3. The molecule has 0 aliphatic heterocycles. The largest absolute Gasteiger partial charge is 0.460 e. The number of ether oxygens (including phenoxy) is 1. The van der Waals surface area contributed by atoms with Gasteiger partial charge in [-0.3, -0.25) is 14.2 Å². The average Bonchev–Trinajstić information content (AvgIpc) is 3.09. The van der Waals surface area contributed by atoms with Crippen molar-refractivity contribution in [1.29, 1.82) is 0 Å². The second-order valence-corrected chi connectivity index (χ2v) is 8.53. The van der Waals surface area contributed by atoms with Gasteiger partial charge in [-0.05, 0) is 36.2 Å². The second-order valence-electron chi connectivity index (χ2n) is 8.13. The van der Waals surface area contributed by atoms with Crippen LogP contribution in [-0.4, -0.2) is 21.6 Å². The number of hydrogen-bond donors (Lipinski definition) is 1. The molecule has 0 fully saturated rings. The van der Waals surface area contributed by atoms with Crippen LogP contribution in [0.3, 0.4) is 0 Å². The molecule has 0 amide bonds. The fourth-order valence-electron chi connectivity index (χ4n) is 4.20. The number of fused-ring (bicyclic) bond motifs is 1. The van der Waals surface area contributed by atoms with Crippen molar-refractivity contribution in [3.05, 3.63) is 80.2 Å². The Morgan fingerprint density at radius 1 is 1.24 bits per heavy atom. The van der Waals surface area contributed by atoms with E-state index in [1.54, 1.807) is 6.92 Å². The van der Waals surface area contributed by atoms with Gasteiger partial charge in [0.2, 0.25) is 0 Å². The van der Waals surface area contributed by atoms with Crippen LogP contribution >= 0.6 is 11.6 Å². The topological polar surface area (TPSA) is 73.2 Å². The van der Waals surface area contributed by atoms with Crippen LogP contribution in [0.4, 0.5) is 18.9 Å². The van der Waals surface area contributed by atoms with Gasteiger partial charge in [0.15, 0.2) is 0 Å². The first kappa shape index (κ1) is 23.8. The number of anilines is 1. The zero-order valence-electron chi connectivity index (χ0n) is 18.5. The highest BCUT2D eigenvalue weighted by Gasteiger charge is 2.36. The van der Waals surface area contributed by atoms with E-state index in [9.17, 15) is 22.8 Å². The van der Waals surface area contributed by atoms with E-state index < -0.39 is 35.4 Å². The Bertz CT molecular complexity index is 1340. The number of rotatable bonds is 4.